The van der Waals surface area contributed by atoms with Crippen LogP contribution in [0.3, 0.4) is 0 Å². The van der Waals surface area contributed by atoms with Crippen LogP contribution < -0.4 is 0 Å². The molecule has 0 aromatic carbocycles. The summed E-state index contributed by atoms with van der Waals surface area (Å²) in [6.07, 6.45) is -10.3. The summed E-state index contributed by atoms with van der Waals surface area (Å²) in [7, 11) is -7.23. The zero-order chi connectivity index (χ0) is 21.0. The van der Waals surface area contributed by atoms with E-state index in [4.69, 9.17) is 0 Å². The second-order valence-electron chi connectivity index (χ2n) is 4.43. The van der Waals surface area contributed by atoms with Gasteiger partial charge in [-0.1, -0.05) is 0 Å². The highest BCUT2D eigenvalue weighted by molar-refractivity contribution is 7.55. The maximum absolute atomic E-state index is 12.2. The van der Waals surface area contributed by atoms with E-state index in [0.29, 0.717) is 0 Å². The van der Waals surface area contributed by atoms with Crippen molar-refractivity contribution in [1.82, 2.24) is 0 Å². The number of rotatable bonds is 6. The Morgan fingerprint density at radius 3 is 1.96 bits per heavy atom. The molecule has 0 saturated carbocycles. The average molecular weight is 432 g/mol. The molecule has 1 saturated heterocycles. The minimum Gasteiger partial charge on any atom is -0.471 e. The highest BCUT2D eigenvalue weighted by Gasteiger charge is 2.58. The number of esters is 1. The van der Waals surface area contributed by atoms with E-state index in [1.165, 1.54) is 0 Å². The van der Waals surface area contributed by atoms with Crippen LogP contribution in [0.4, 0.5) is 26.3 Å². The van der Waals surface area contributed by atoms with Crippen molar-refractivity contribution in [1.29, 1.82) is 0 Å². The van der Waals surface area contributed by atoms with E-state index in [-0.39, 0.29) is 0 Å². The number of ether oxygens (including phenoxy) is 1. The summed E-state index contributed by atoms with van der Waals surface area (Å²) in [4.78, 5) is 33.5. The average Bonchev–Trinajstić information content (AvgIpc) is 2.90. The van der Waals surface area contributed by atoms with Gasteiger partial charge in [-0.15, -0.1) is 0 Å². The van der Waals surface area contributed by atoms with E-state index < -0.39 is 64.2 Å². The van der Waals surface area contributed by atoms with Gasteiger partial charge >= 0.3 is 45.2 Å². The van der Waals surface area contributed by atoms with Crippen LogP contribution in [-0.4, -0.2) is 63.8 Å². The molecule has 0 bridgehead atoms. The summed E-state index contributed by atoms with van der Waals surface area (Å²) in [6.45, 7) is -4.72. The molecular weight excluding hydrogens is 424 g/mol. The highest BCUT2D eigenvalue weighted by atomic mass is 31.2. The van der Waals surface area contributed by atoms with Crippen LogP contribution in [0.25, 0.3) is 0 Å². The van der Waals surface area contributed by atoms with Crippen molar-refractivity contribution in [2.75, 3.05) is 20.3 Å². The Hall–Kier alpha value is -1.84. The van der Waals surface area contributed by atoms with Crippen LogP contribution in [0.5, 0.6) is 0 Å². The maximum atomic E-state index is 12.2. The first kappa shape index (κ1) is 23.2. The summed E-state index contributed by atoms with van der Waals surface area (Å²) in [5.41, 5.74) is 0. The van der Waals surface area contributed by atoms with Gasteiger partial charge in [-0.05, 0) is 0 Å². The smallest absolute Gasteiger partial charge is 0.471 e. The largest absolute Gasteiger partial charge is 0.793 e. The number of halogens is 6. The fourth-order valence-electron chi connectivity index (χ4n) is 1.31. The van der Waals surface area contributed by atoms with Crippen molar-refractivity contribution in [2.45, 2.75) is 18.2 Å². The van der Waals surface area contributed by atoms with Crippen molar-refractivity contribution in [3.63, 3.8) is 0 Å². The molecule has 0 radical (unpaired) electrons. The van der Waals surface area contributed by atoms with Gasteiger partial charge in [-0.25, -0.2) is 9.59 Å². The molecule has 0 aliphatic carbocycles. The molecule has 1 aliphatic heterocycles. The highest BCUT2D eigenvalue weighted by Crippen LogP contribution is 2.57. The molecule has 0 spiro atoms. The van der Waals surface area contributed by atoms with Gasteiger partial charge in [-0.2, -0.15) is 26.3 Å². The molecule has 0 aromatic heterocycles. The molecule has 1 heterocycles. The van der Waals surface area contributed by atoms with Crippen molar-refractivity contribution in [3.8, 4) is 0 Å². The molecule has 1 unspecified atom stereocenters. The van der Waals surface area contributed by atoms with Gasteiger partial charge < -0.3 is 18.7 Å². The maximum Gasteiger partial charge on any atom is 0.793 e. The third-order valence-electron chi connectivity index (χ3n) is 2.31. The molecule has 1 atom stereocenters. The summed E-state index contributed by atoms with van der Waals surface area (Å²) in [5.74, 6) is -7.98. The van der Waals surface area contributed by atoms with Gasteiger partial charge in [0.2, 0.25) is 5.85 Å². The second-order valence-corrected chi connectivity index (χ2v) is 6.49. The first-order chi connectivity index (χ1) is 12.2. The van der Waals surface area contributed by atoms with E-state index >= 15 is 0 Å². The molecule has 0 aromatic rings. The Kier molecular flexibility index (Phi) is 7.27. The van der Waals surface area contributed by atoms with E-state index in [1.54, 1.807) is 0 Å². The molecule has 1 rings (SSSR count). The van der Waals surface area contributed by atoms with Crippen molar-refractivity contribution < 1.29 is 73.0 Å². The molecule has 10 nitrogen and oxygen atoms in total. The quantitative estimate of drug-likeness (QED) is 0.197. The summed E-state index contributed by atoms with van der Waals surface area (Å²) in [6, 6.07) is 0. The first-order valence-corrected chi connectivity index (χ1v) is 7.95. The van der Waals surface area contributed by atoms with Gasteiger partial charge in [0.15, 0.2) is 13.2 Å². The lowest BCUT2D eigenvalue weighted by Crippen LogP contribution is -2.30. The standard InChI is InChI=1S/C9H8BF6O10P/c1-21-4(17)5(18)24-10-25-6(19)7(26-10)27(20,22-2-8(11,12)13)23-3-9(14,15)16/h7H,2-3H2,1H3. The second kappa shape index (κ2) is 8.45. The molecule has 1 fully saturated rings. The summed E-state index contributed by atoms with van der Waals surface area (Å²) in [5, 5.41) is 0. The van der Waals surface area contributed by atoms with Crippen LogP contribution in [-0.2, 0) is 46.7 Å². The number of alkyl halides is 6. The number of carbonyl (C=O) groups is 3. The van der Waals surface area contributed by atoms with Crippen molar-refractivity contribution >= 4 is 32.8 Å². The lowest BCUT2D eigenvalue weighted by Gasteiger charge is -2.22. The number of carbonyl (C=O) groups excluding carboxylic acids is 3. The predicted molar refractivity (Wildman–Crippen MR) is 66.4 cm³/mol. The fraction of sp³-hybridized carbons (Fsp3) is 0.667. The molecular formula is C9H8BF6O10P. The number of hydrogen-bond donors (Lipinski definition) is 0. The first-order valence-electron chi connectivity index (χ1n) is 6.34. The fourth-order valence-corrected chi connectivity index (χ4v) is 2.88. The number of methoxy groups -OCH3 is 1. The van der Waals surface area contributed by atoms with Crippen LogP contribution >= 0.6 is 7.60 Å². The molecule has 154 valence electrons. The molecule has 0 amide bonds. The van der Waals surface area contributed by atoms with Gasteiger partial charge in [0.05, 0.1) is 7.11 Å². The van der Waals surface area contributed by atoms with Crippen molar-refractivity contribution in [3.05, 3.63) is 0 Å². The summed E-state index contributed by atoms with van der Waals surface area (Å²) < 4.78 is 110. The van der Waals surface area contributed by atoms with Crippen LogP contribution in [0, 0.1) is 0 Å². The third-order valence-corrected chi connectivity index (χ3v) is 4.20. The van der Waals surface area contributed by atoms with Crippen LogP contribution in [0.2, 0.25) is 0 Å². The van der Waals surface area contributed by atoms with E-state index in [9.17, 15) is 45.3 Å². The normalized spacial score (nSPS) is 18.3. The lowest BCUT2D eigenvalue weighted by atomic mass is 10.2. The topological polar surface area (TPSA) is 124 Å². The molecule has 27 heavy (non-hydrogen) atoms. The van der Waals surface area contributed by atoms with Gasteiger partial charge in [0.25, 0.3) is 0 Å². The Balaban J connectivity index is 2.93. The van der Waals surface area contributed by atoms with Gasteiger partial charge in [0.1, 0.15) is 0 Å². The summed E-state index contributed by atoms with van der Waals surface area (Å²) >= 11 is 0. The Morgan fingerprint density at radius 2 is 1.56 bits per heavy atom. The van der Waals surface area contributed by atoms with Crippen molar-refractivity contribution in [2.24, 2.45) is 0 Å². The Bertz CT molecular complexity index is 614. The van der Waals surface area contributed by atoms with Gasteiger partial charge in [0, 0.05) is 0 Å². The molecule has 0 N–H and O–H groups in total. The Labute approximate surface area is 145 Å². The minimum absolute atomic E-state index is 0.762. The number of hydrogen-bond acceptors (Lipinski definition) is 10. The molecule has 1 aliphatic rings. The lowest BCUT2D eigenvalue weighted by molar-refractivity contribution is -0.167. The Morgan fingerprint density at radius 1 is 1.07 bits per heavy atom. The zero-order valence-electron chi connectivity index (χ0n) is 12.9. The molecule has 18 heteroatoms. The van der Waals surface area contributed by atoms with Crippen LogP contribution in [0.15, 0.2) is 0 Å². The van der Waals surface area contributed by atoms with E-state index in [2.05, 4.69) is 27.7 Å². The van der Waals surface area contributed by atoms with Crippen LogP contribution in [0.1, 0.15) is 0 Å². The van der Waals surface area contributed by atoms with Gasteiger partial charge in [-0.3, -0.25) is 18.4 Å². The minimum atomic E-state index is -5.57. The van der Waals surface area contributed by atoms with E-state index in [1.807, 2.05) is 0 Å². The monoisotopic (exact) mass is 432 g/mol. The zero-order valence-corrected chi connectivity index (χ0v) is 13.8. The van der Waals surface area contributed by atoms with E-state index in [0.717, 1.165) is 7.11 Å². The SMILES string of the molecule is COC(=O)C(=O)OB1OC(=O)C(P(=O)(OCC(F)(F)F)OCC(F)(F)F)O1. The predicted octanol–water partition coefficient (Wildman–Crippen LogP) is 0.938. The third kappa shape index (κ3) is 7.36.